The molecular weight excluding hydrogens is 467 g/mol. The number of benzene rings is 2. The summed E-state index contributed by atoms with van der Waals surface area (Å²) >= 11 is 0. The number of nitrogens with zero attached hydrogens (tertiary/aromatic N) is 4. The summed E-state index contributed by atoms with van der Waals surface area (Å²) in [5.74, 6) is -0.768. The van der Waals surface area contributed by atoms with Crippen LogP contribution in [0.5, 0.6) is 0 Å². The van der Waals surface area contributed by atoms with E-state index in [1.807, 2.05) is 68.4 Å². The highest BCUT2D eigenvalue weighted by atomic mass is 19.1. The van der Waals surface area contributed by atoms with Gasteiger partial charge in [0.1, 0.15) is 5.82 Å². The highest BCUT2D eigenvalue weighted by molar-refractivity contribution is 5.96. The maximum Gasteiger partial charge on any atom is 0.256 e. The van der Waals surface area contributed by atoms with Crippen molar-refractivity contribution >= 4 is 11.8 Å². The van der Waals surface area contributed by atoms with Crippen molar-refractivity contribution in [1.29, 1.82) is 0 Å². The fraction of sp³-hybridized carbons (Fsp3) is 0.367. The molecule has 3 aromatic rings. The Morgan fingerprint density at radius 1 is 0.919 bits per heavy atom. The van der Waals surface area contributed by atoms with Gasteiger partial charge in [-0.15, -0.1) is 0 Å². The van der Waals surface area contributed by atoms with Crippen molar-refractivity contribution in [2.24, 2.45) is 0 Å². The minimum atomic E-state index is -0.501. The van der Waals surface area contributed by atoms with Gasteiger partial charge in [0.2, 0.25) is 0 Å². The van der Waals surface area contributed by atoms with Gasteiger partial charge in [0, 0.05) is 44.3 Å². The molecule has 0 unspecified atom stereocenters. The van der Waals surface area contributed by atoms with E-state index < -0.39 is 5.82 Å². The average molecular weight is 503 g/mol. The summed E-state index contributed by atoms with van der Waals surface area (Å²) in [6.07, 6.45) is 1.35. The predicted molar refractivity (Wildman–Crippen MR) is 143 cm³/mol. The van der Waals surface area contributed by atoms with E-state index in [2.05, 4.69) is 4.90 Å². The third-order valence-corrected chi connectivity index (χ3v) is 6.89. The third-order valence-electron chi connectivity index (χ3n) is 6.89. The van der Waals surface area contributed by atoms with E-state index in [0.717, 1.165) is 23.5 Å². The van der Waals surface area contributed by atoms with Gasteiger partial charge in [-0.05, 0) is 63.7 Å². The van der Waals surface area contributed by atoms with Crippen LogP contribution in [0, 0.1) is 12.7 Å². The van der Waals surface area contributed by atoms with Crippen LogP contribution in [0.2, 0.25) is 0 Å². The minimum absolute atomic E-state index is 0.0296. The number of likely N-dealkylation sites (tertiary alicyclic amines) is 1. The first-order valence-electron chi connectivity index (χ1n) is 12.8. The Hall–Kier alpha value is -3.58. The van der Waals surface area contributed by atoms with Gasteiger partial charge in [0.05, 0.1) is 16.8 Å². The third kappa shape index (κ3) is 6.60. The van der Waals surface area contributed by atoms with E-state index >= 15 is 0 Å². The monoisotopic (exact) mass is 502 g/mol. The summed E-state index contributed by atoms with van der Waals surface area (Å²) in [6, 6.07) is 19.9. The highest BCUT2D eigenvalue weighted by Crippen LogP contribution is 2.31. The van der Waals surface area contributed by atoms with E-state index in [-0.39, 0.29) is 23.3 Å². The van der Waals surface area contributed by atoms with E-state index in [4.69, 9.17) is 4.98 Å². The Kier molecular flexibility index (Phi) is 8.66. The van der Waals surface area contributed by atoms with Gasteiger partial charge in [-0.2, -0.15) is 0 Å². The molecule has 0 bridgehead atoms. The van der Waals surface area contributed by atoms with E-state index in [9.17, 15) is 14.0 Å². The molecule has 1 aromatic heterocycles. The molecule has 0 N–H and O–H groups in total. The zero-order valence-corrected chi connectivity index (χ0v) is 21.9. The molecule has 0 atom stereocenters. The number of halogens is 1. The molecule has 4 rings (SSSR count). The lowest BCUT2D eigenvalue weighted by atomic mass is 9.89. The zero-order valence-electron chi connectivity index (χ0n) is 21.9. The molecule has 0 radical (unpaired) electrons. The predicted octanol–water partition coefficient (Wildman–Crippen LogP) is 4.75. The lowest BCUT2D eigenvalue weighted by Crippen LogP contribution is -2.39. The minimum Gasteiger partial charge on any atom is -0.339 e. The first-order valence-corrected chi connectivity index (χ1v) is 12.8. The molecule has 0 spiro atoms. The van der Waals surface area contributed by atoms with Crippen LogP contribution in [0.3, 0.4) is 0 Å². The van der Waals surface area contributed by atoms with Crippen molar-refractivity contribution in [3.63, 3.8) is 0 Å². The topological polar surface area (TPSA) is 56.8 Å². The van der Waals surface area contributed by atoms with Crippen LogP contribution < -0.4 is 0 Å². The molecule has 0 aliphatic carbocycles. The summed E-state index contributed by atoms with van der Waals surface area (Å²) in [6.45, 7) is 4.80. The van der Waals surface area contributed by atoms with Gasteiger partial charge in [0.25, 0.3) is 11.8 Å². The molecule has 2 aromatic carbocycles. The van der Waals surface area contributed by atoms with Crippen LogP contribution in [0.25, 0.3) is 0 Å². The van der Waals surface area contributed by atoms with Crippen molar-refractivity contribution < 1.29 is 14.0 Å². The summed E-state index contributed by atoms with van der Waals surface area (Å²) in [5, 5.41) is 0. The Morgan fingerprint density at radius 3 is 2.27 bits per heavy atom. The van der Waals surface area contributed by atoms with Gasteiger partial charge in [-0.3, -0.25) is 14.6 Å². The van der Waals surface area contributed by atoms with Gasteiger partial charge in [-0.25, -0.2) is 4.39 Å². The fourth-order valence-corrected chi connectivity index (χ4v) is 4.78. The molecule has 1 saturated heterocycles. The lowest BCUT2D eigenvalue weighted by molar-refractivity contribution is 0.0695. The molecule has 2 heterocycles. The molecule has 2 amide bonds. The number of rotatable bonds is 8. The second-order valence-electron chi connectivity index (χ2n) is 9.95. The van der Waals surface area contributed by atoms with Crippen LogP contribution in [-0.2, 0) is 6.54 Å². The Morgan fingerprint density at radius 2 is 1.59 bits per heavy atom. The molecule has 194 valence electrons. The number of pyridine rings is 1. The van der Waals surface area contributed by atoms with Gasteiger partial charge in [0.15, 0.2) is 0 Å². The first-order chi connectivity index (χ1) is 17.8. The van der Waals surface area contributed by atoms with E-state index in [1.54, 1.807) is 17.0 Å². The van der Waals surface area contributed by atoms with Crippen LogP contribution >= 0.6 is 0 Å². The lowest BCUT2D eigenvalue weighted by Gasteiger charge is -2.33. The number of hydrogen-bond donors (Lipinski definition) is 0. The standard InChI is InChI=1S/C30H35FN4O2/c1-22-13-14-26(30(37)35(20-19-33(2)3)21-23-9-5-4-6-10-23)28(32-22)24-15-17-34(18-16-24)29(36)25-11-7-8-12-27(25)31/h4-14,24H,15-21H2,1-3H3. The number of carbonyl (C=O) groups excluding carboxylic acids is 2. The van der Waals surface area contributed by atoms with Gasteiger partial charge >= 0.3 is 0 Å². The van der Waals surface area contributed by atoms with Crippen molar-refractivity contribution in [1.82, 2.24) is 19.7 Å². The Labute approximate surface area is 218 Å². The molecule has 37 heavy (non-hydrogen) atoms. The Bertz CT molecular complexity index is 1220. The van der Waals surface area contributed by atoms with E-state index in [1.165, 1.54) is 12.1 Å². The molecule has 0 saturated carbocycles. The normalized spacial score (nSPS) is 14.1. The Balaban J connectivity index is 1.53. The number of piperidine rings is 1. The molecule has 1 fully saturated rings. The number of likely N-dealkylation sites (N-methyl/N-ethyl adjacent to an activating group) is 1. The molecule has 7 heteroatoms. The van der Waals surface area contributed by atoms with Gasteiger partial charge < -0.3 is 14.7 Å². The largest absolute Gasteiger partial charge is 0.339 e. The average Bonchev–Trinajstić information content (AvgIpc) is 2.91. The second kappa shape index (κ2) is 12.1. The van der Waals surface area contributed by atoms with Crippen molar-refractivity contribution in [3.8, 4) is 0 Å². The quantitative estimate of drug-likeness (QED) is 0.446. The first kappa shape index (κ1) is 26.5. The van der Waals surface area contributed by atoms with E-state index in [0.29, 0.717) is 44.6 Å². The molecule has 6 nitrogen and oxygen atoms in total. The smallest absolute Gasteiger partial charge is 0.256 e. The van der Waals surface area contributed by atoms with Crippen molar-refractivity contribution in [2.75, 3.05) is 40.3 Å². The number of carbonyl (C=O) groups is 2. The van der Waals surface area contributed by atoms with Crippen LogP contribution in [0.15, 0.2) is 66.7 Å². The van der Waals surface area contributed by atoms with Crippen molar-refractivity contribution in [3.05, 3.63) is 101 Å². The summed E-state index contributed by atoms with van der Waals surface area (Å²) < 4.78 is 14.2. The summed E-state index contributed by atoms with van der Waals surface area (Å²) in [5.41, 5.74) is 3.46. The SMILES string of the molecule is Cc1ccc(C(=O)N(CCN(C)C)Cc2ccccc2)c(C2CCN(C(=O)c3ccccc3F)CC2)n1. The summed E-state index contributed by atoms with van der Waals surface area (Å²) in [7, 11) is 4.00. The maximum absolute atomic E-state index is 14.2. The molecule has 1 aliphatic rings. The fourth-order valence-electron chi connectivity index (χ4n) is 4.78. The molecular formula is C30H35FN4O2. The number of hydrogen-bond acceptors (Lipinski definition) is 4. The highest BCUT2D eigenvalue weighted by Gasteiger charge is 2.30. The number of aromatic nitrogens is 1. The van der Waals surface area contributed by atoms with Crippen LogP contribution in [0.4, 0.5) is 4.39 Å². The zero-order chi connectivity index (χ0) is 26.4. The van der Waals surface area contributed by atoms with Crippen molar-refractivity contribution in [2.45, 2.75) is 32.2 Å². The van der Waals surface area contributed by atoms with Crippen LogP contribution in [-0.4, -0.2) is 71.8 Å². The summed E-state index contributed by atoms with van der Waals surface area (Å²) in [4.78, 5) is 37.3. The van der Waals surface area contributed by atoms with Crippen LogP contribution in [0.1, 0.15) is 56.4 Å². The number of amides is 2. The maximum atomic E-state index is 14.2. The number of aryl methyl sites for hydroxylation is 1. The second-order valence-corrected chi connectivity index (χ2v) is 9.95. The molecule has 1 aliphatic heterocycles. The van der Waals surface area contributed by atoms with Gasteiger partial charge in [-0.1, -0.05) is 42.5 Å².